The molecule has 0 bridgehead atoms. The Labute approximate surface area is 158 Å². The van der Waals surface area contributed by atoms with Gasteiger partial charge < -0.3 is 9.40 Å². The number of benzene rings is 2. The Morgan fingerprint density at radius 1 is 1.15 bits per heavy atom. The van der Waals surface area contributed by atoms with E-state index in [1.807, 2.05) is 49.4 Å². The number of hydrogen-bond donors (Lipinski definition) is 1. The number of para-hydroxylation sites is 1. The number of nitrogens with one attached hydrogen (secondary N) is 1. The standard InChI is InChI=1S/C19H14ClN3O2S/c1-11-17(13-7-3-5-9-15(13)21-11)16(24)10-26-19-23-22-18(25-19)12-6-2-4-8-14(12)20/h2-9,21H,10H2,1H3. The second-order valence-electron chi connectivity index (χ2n) is 5.74. The summed E-state index contributed by atoms with van der Waals surface area (Å²) in [6.07, 6.45) is 0. The third-order valence-electron chi connectivity index (χ3n) is 4.01. The molecule has 4 rings (SSSR count). The van der Waals surface area contributed by atoms with E-state index in [-0.39, 0.29) is 11.5 Å². The number of Topliss-reactive ketones (excluding diaryl/α,β-unsaturated/α-hetero) is 1. The Kier molecular flexibility index (Phi) is 4.53. The molecule has 0 saturated heterocycles. The first-order chi connectivity index (χ1) is 12.6. The average molecular weight is 384 g/mol. The van der Waals surface area contributed by atoms with Crippen LogP contribution in [0.3, 0.4) is 0 Å². The van der Waals surface area contributed by atoms with Gasteiger partial charge in [-0.3, -0.25) is 4.79 Å². The molecule has 0 saturated carbocycles. The lowest BCUT2D eigenvalue weighted by Crippen LogP contribution is -2.03. The number of ketones is 1. The Bertz CT molecular complexity index is 1100. The van der Waals surface area contributed by atoms with Gasteiger partial charge >= 0.3 is 0 Å². The van der Waals surface area contributed by atoms with Crippen molar-refractivity contribution in [2.75, 3.05) is 5.75 Å². The van der Waals surface area contributed by atoms with Crippen molar-refractivity contribution in [1.82, 2.24) is 15.2 Å². The lowest BCUT2D eigenvalue weighted by molar-refractivity contribution is 0.102. The molecule has 0 aliphatic heterocycles. The first-order valence-corrected chi connectivity index (χ1v) is 9.31. The third kappa shape index (κ3) is 3.13. The number of halogens is 1. The van der Waals surface area contributed by atoms with Crippen LogP contribution in [0.4, 0.5) is 0 Å². The summed E-state index contributed by atoms with van der Waals surface area (Å²) < 4.78 is 5.63. The minimum absolute atomic E-state index is 0.0162. The second-order valence-corrected chi connectivity index (χ2v) is 7.07. The maximum Gasteiger partial charge on any atom is 0.277 e. The summed E-state index contributed by atoms with van der Waals surface area (Å²) in [4.78, 5) is 15.9. The highest BCUT2D eigenvalue weighted by Crippen LogP contribution is 2.29. The molecule has 26 heavy (non-hydrogen) atoms. The van der Waals surface area contributed by atoms with Crippen LogP contribution in [0.1, 0.15) is 16.1 Å². The number of fused-ring (bicyclic) bond motifs is 1. The van der Waals surface area contributed by atoms with Gasteiger partial charge in [0, 0.05) is 22.2 Å². The van der Waals surface area contributed by atoms with E-state index in [1.54, 1.807) is 6.07 Å². The van der Waals surface area contributed by atoms with Crippen LogP contribution in [0.15, 0.2) is 58.2 Å². The number of hydrogen-bond acceptors (Lipinski definition) is 5. The zero-order valence-corrected chi connectivity index (χ0v) is 15.4. The van der Waals surface area contributed by atoms with E-state index < -0.39 is 0 Å². The number of H-pyrrole nitrogens is 1. The number of nitrogens with zero attached hydrogens (tertiary/aromatic N) is 2. The van der Waals surface area contributed by atoms with Crippen LogP contribution < -0.4 is 0 Å². The molecule has 1 N–H and O–H groups in total. The van der Waals surface area contributed by atoms with E-state index in [4.69, 9.17) is 16.0 Å². The van der Waals surface area contributed by atoms with Gasteiger partial charge in [0.25, 0.3) is 5.22 Å². The van der Waals surface area contributed by atoms with Gasteiger partial charge in [0.1, 0.15) is 0 Å². The monoisotopic (exact) mass is 383 g/mol. The van der Waals surface area contributed by atoms with Crippen molar-refractivity contribution in [1.29, 1.82) is 0 Å². The largest absolute Gasteiger partial charge is 0.411 e. The van der Waals surface area contributed by atoms with Crippen molar-refractivity contribution < 1.29 is 9.21 Å². The number of aromatic nitrogens is 3. The van der Waals surface area contributed by atoms with Crippen LogP contribution in [-0.2, 0) is 0 Å². The number of aromatic amines is 1. The molecule has 2 heterocycles. The van der Waals surface area contributed by atoms with Gasteiger partial charge in [-0.1, -0.05) is 53.7 Å². The van der Waals surface area contributed by atoms with E-state index in [9.17, 15) is 4.79 Å². The molecule has 4 aromatic rings. The van der Waals surface area contributed by atoms with Crippen molar-refractivity contribution in [3.05, 3.63) is 64.8 Å². The Hall–Kier alpha value is -2.57. The highest BCUT2D eigenvalue weighted by atomic mass is 35.5. The van der Waals surface area contributed by atoms with E-state index >= 15 is 0 Å². The molecule has 0 aliphatic carbocycles. The van der Waals surface area contributed by atoms with Gasteiger partial charge in [-0.25, -0.2) is 0 Å². The summed E-state index contributed by atoms with van der Waals surface area (Å²) in [5.41, 5.74) is 3.20. The summed E-state index contributed by atoms with van der Waals surface area (Å²) in [7, 11) is 0. The van der Waals surface area contributed by atoms with Gasteiger partial charge in [-0.2, -0.15) is 0 Å². The SMILES string of the molecule is Cc1[nH]c2ccccc2c1C(=O)CSc1nnc(-c2ccccc2Cl)o1. The Morgan fingerprint density at radius 3 is 2.77 bits per heavy atom. The molecule has 0 radical (unpaired) electrons. The number of aryl methyl sites for hydroxylation is 1. The fraction of sp³-hybridized carbons (Fsp3) is 0.105. The fourth-order valence-electron chi connectivity index (χ4n) is 2.85. The molecule has 0 fully saturated rings. The van der Waals surface area contributed by atoms with Gasteiger partial charge in [0.05, 0.1) is 16.3 Å². The molecule has 0 amide bonds. The Balaban J connectivity index is 1.52. The third-order valence-corrected chi connectivity index (χ3v) is 5.16. The van der Waals surface area contributed by atoms with Crippen molar-refractivity contribution in [2.45, 2.75) is 12.1 Å². The van der Waals surface area contributed by atoms with Crippen LogP contribution >= 0.6 is 23.4 Å². The summed E-state index contributed by atoms with van der Waals surface area (Å²) in [6.45, 7) is 1.90. The highest BCUT2D eigenvalue weighted by Gasteiger charge is 2.18. The lowest BCUT2D eigenvalue weighted by atomic mass is 10.1. The van der Waals surface area contributed by atoms with E-state index in [2.05, 4.69) is 15.2 Å². The quantitative estimate of drug-likeness (QED) is 0.381. The van der Waals surface area contributed by atoms with Gasteiger partial charge in [-0.15, -0.1) is 10.2 Å². The minimum atomic E-state index is 0.0162. The molecule has 0 atom stereocenters. The summed E-state index contributed by atoms with van der Waals surface area (Å²) in [5.74, 6) is 0.573. The average Bonchev–Trinajstić information content (AvgIpc) is 3.23. The number of rotatable bonds is 5. The molecule has 130 valence electrons. The van der Waals surface area contributed by atoms with Crippen molar-refractivity contribution in [2.24, 2.45) is 0 Å². The fourth-order valence-corrected chi connectivity index (χ4v) is 3.70. The van der Waals surface area contributed by atoms with E-state index in [1.165, 1.54) is 11.8 Å². The zero-order chi connectivity index (χ0) is 18.1. The molecular weight excluding hydrogens is 370 g/mol. The lowest BCUT2D eigenvalue weighted by Gasteiger charge is -1.99. The first kappa shape index (κ1) is 16.9. The van der Waals surface area contributed by atoms with Crippen LogP contribution in [0.5, 0.6) is 0 Å². The van der Waals surface area contributed by atoms with Gasteiger partial charge in [0.15, 0.2) is 5.78 Å². The normalized spacial score (nSPS) is 11.2. The molecule has 7 heteroatoms. The molecule has 2 aromatic heterocycles. The highest BCUT2D eigenvalue weighted by molar-refractivity contribution is 7.99. The second kappa shape index (κ2) is 6.97. The predicted octanol–water partition coefficient (Wildman–Crippen LogP) is 5.15. The first-order valence-electron chi connectivity index (χ1n) is 7.95. The van der Waals surface area contributed by atoms with Gasteiger partial charge in [-0.05, 0) is 25.1 Å². The topological polar surface area (TPSA) is 71.8 Å². The van der Waals surface area contributed by atoms with Crippen molar-refractivity contribution in [3.63, 3.8) is 0 Å². The molecule has 2 aromatic carbocycles. The van der Waals surface area contributed by atoms with Crippen LogP contribution in [-0.4, -0.2) is 26.7 Å². The summed E-state index contributed by atoms with van der Waals surface area (Å²) in [6, 6.07) is 15.0. The number of thioether (sulfide) groups is 1. The zero-order valence-electron chi connectivity index (χ0n) is 13.8. The summed E-state index contributed by atoms with van der Waals surface area (Å²) in [5, 5.41) is 9.82. The summed E-state index contributed by atoms with van der Waals surface area (Å²) >= 11 is 7.36. The van der Waals surface area contributed by atoms with Crippen LogP contribution in [0, 0.1) is 6.92 Å². The number of carbonyl (C=O) groups is 1. The Morgan fingerprint density at radius 2 is 1.92 bits per heavy atom. The molecule has 5 nitrogen and oxygen atoms in total. The smallest absolute Gasteiger partial charge is 0.277 e. The van der Waals surface area contributed by atoms with Crippen molar-refractivity contribution >= 4 is 40.0 Å². The molecule has 0 spiro atoms. The van der Waals surface area contributed by atoms with Crippen LogP contribution in [0.25, 0.3) is 22.4 Å². The predicted molar refractivity (Wildman–Crippen MR) is 103 cm³/mol. The maximum atomic E-state index is 12.7. The molecular formula is C19H14ClN3O2S. The molecule has 0 aliphatic rings. The van der Waals surface area contributed by atoms with E-state index in [0.29, 0.717) is 27.3 Å². The number of carbonyl (C=O) groups excluding carboxylic acids is 1. The molecule has 0 unspecified atom stereocenters. The minimum Gasteiger partial charge on any atom is -0.411 e. The maximum absolute atomic E-state index is 12.7. The van der Waals surface area contributed by atoms with Crippen molar-refractivity contribution in [3.8, 4) is 11.5 Å². The van der Waals surface area contributed by atoms with E-state index in [0.717, 1.165) is 16.6 Å². The van der Waals surface area contributed by atoms with Gasteiger partial charge in [0.2, 0.25) is 5.89 Å². The van der Waals surface area contributed by atoms with Crippen LogP contribution in [0.2, 0.25) is 5.02 Å².